The summed E-state index contributed by atoms with van der Waals surface area (Å²) in [6.45, 7) is 0. The molecule has 12 heavy (non-hydrogen) atoms. The number of aromatic hydroxyl groups is 1. The molecular weight excluding hydrogens is 176 g/mol. The van der Waals surface area contributed by atoms with Crippen molar-refractivity contribution in [1.82, 2.24) is 0 Å². The molecular formula is C8H8O3S. The van der Waals surface area contributed by atoms with Crippen LogP contribution in [0.25, 0.3) is 6.08 Å². The molecule has 0 aliphatic rings. The van der Waals surface area contributed by atoms with E-state index < -0.39 is 11.1 Å². The van der Waals surface area contributed by atoms with Crippen LogP contribution in [0.5, 0.6) is 5.75 Å². The van der Waals surface area contributed by atoms with Crippen molar-refractivity contribution in [2.45, 2.75) is 0 Å². The molecule has 64 valence electrons. The van der Waals surface area contributed by atoms with Crippen LogP contribution in [0.2, 0.25) is 0 Å². The molecule has 0 aromatic heterocycles. The van der Waals surface area contributed by atoms with Gasteiger partial charge in [-0.3, -0.25) is 0 Å². The Morgan fingerprint density at radius 1 is 1.25 bits per heavy atom. The molecule has 0 saturated heterocycles. The lowest BCUT2D eigenvalue weighted by molar-refractivity contribution is 0.475. The van der Waals surface area contributed by atoms with E-state index in [9.17, 15) is 4.21 Å². The van der Waals surface area contributed by atoms with E-state index in [2.05, 4.69) is 0 Å². The van der Waals surface area contributed by atoms with Crippen LogP contribution in [-0.2, 0) is 11.1 Å². The average Bonchev–Trinajstić information content (AvgIpc) is 2.03. The molecule has 0 aliphatic heterocycles. The fourth-order valence-electron chi connectivity index (χ4n) is 0.722. The average molecular weight is 184 g/mol. The van der Waals surface area contributed by atoms with Crippen molar-refractivity contribution in [3.63, 3.8) is 0 Å². The molecule has 2 N–H and O–H groups in total. The highest BCUT2D eigenvalue weighted by molar-refractivity contribution is 7.82. The Morgan fingerprint density at radius 2 is 1.83 bits per heavy atom. The van der Waals surface area contributed by atoms with Gasteiger partial charge < -0.3 is 9.66 Å². The summed E-state index contributed by atoms with van der Waals surface area (Å²) in [4.78, 5) is 0. The van der Waals surface area contributed by atoms with Gasteiger partial charge in [-0.05, 0) is 23.8 Å². The summed E-state index contributed by atoms with van der Waals surface area (Å²) >= 11 is -1.91. The standard InChI is InChI=1S/C8H8O3S/c9-8-3-1-7(2-4-8)5-6-12(10)11/h1-6,9H,(H,10,11). The third-order valence-electron chi connectivity index (χ3n) is 1.27. The quantitative estimate of drug-likeness (QED) is 0.686. The maximum Gasteiger partial charge on any atom is 0.178 e. The molecule has 4 heteroatoms. The van der Waals surface area contributed by atoms with Crippen LogP contribution in [0.15, 0.2) is 29.7 Å². The minimum atomic E-state index is -1.91. The number of hydrogen-bond donors (Lipinski definition) is 2. The van der Waals surface area contributed by atoms with Gasteiger partial charge in [-0.2, -0.15) is 0 Å². The highest BCUT2D eigenvalue weighted by atomic mass is 32.2. The molecule has 0 heterocycles. The van der Waals surface area contributed by atoms with Gasteiger partial charge in [0.2, 0.25) is 0 Å². The summed E-state index contributed by atoms with van der Waals surface area (Å²) in [6, 6.07) is 6.33. The summed E-state index contributed by atoms with van der Waals surface area (Å²) in [5, 5.41) is 10.1. The van der Waals surface area contributed by atoms with Gasteiger partial charge in [0.25, 0.3) is 0 Å². The molecule has 1 rings (SSSR count). The van der Waals surface area contributed by atoms with Crippen LogP contribution in [0.1, 0.15) is 5.56 Å². The van der Waals surface area contributed by atoms with Crippen LogP contribution in [-0.4, -0.2) is 13.9 Å². The van der Waals surface area contributed by atoms with Crippen molar-refractivity contribution in [1.29, 1.82) is 0 Å². The lowest BCUT2D eigenvalue weighted by Crippen LogP contribution is -1.76. The maximum absolute atomic E-state index is 10.2. The SMILES string of the molecule is O=S(O)C=Cc1ccc(O)cc1. The molecule has 3 nitrogen and oxygen atoms in total. The molecule has 1 aromatic rings. The minimum absolute atomic E-state index is 0.178. The lowest BCUT2D eigenvalue weighted by atomic mass is 10.2. The molecule has 0 saturated carbocycles. The smallest absolute Gasteiger partial charge is 0.178 e. The summed E-state index contributed by atoms with van der Waals surface area (Å²) in [7, 11) is 0. The molecule has 0 aliphatic carbocycles. The van der Waals surface area contributed by atoms with Crippen LogP contribution in [0, 0.1) is 0 Å². The molecule has 1 aromatic carbocycles. The van der Waals surface area contributed by atoms with E-state index in [1.54, 1.807) is 12.1 Å². The zero-order chi connectivity index (χ0) is 8.97. The summed E-state index contributed by atoms with van der Waals surface area (Å²) in [5.41, 5.74) is 0.773. The first-order valence-corrected chi connectivity index (χ1v) is 4.42. The van der Waals surface area contributed by atoms with Gasteiger partial charge in [0, 0.05) is 5.41 Å². The Balaban J connectivity index is 2.77. The number of phenolic OH excluding ortho intramolecular Hbond substituents is 1. The Morgan fingerprint density at radius 3 is 2.33 bits per heavy atom. The molecule has 0 radical (unpaired) electrons. The first-order valence-electron chi connectivity index (χ1n) is 3.25. The normalized spacial score (nSPS) is 13.4. The largest absolute Gasteiger partial charge is 0.508 e. The maximum atomic E-state index is 10.2. The first-order chi connectivity index (χ1) is 5.68. The Labute approximate surface area is 72.6 Å². The van der Waals surface area contributed by atoms with Gasteiger partial charge >= 0.3 is 0 Å². The molecule has 1 atom stereocenters. The van der Waals surface area contributed by atoms with Gasteiger partial charge in [-0.25, -0.2) is 4.21 Å². The molecule has 0 amide bonds. The Bertz CT molecular complexity index is 303. The van der Waals surface area contributed by atoms with Crippen LogP contribution in [0.4, 0.5) is 0 Å². The second-order valence-electron chi connectivity index (χ2n) is 2.17. The highest BCUT2D eigenvalue weighted by Gasteiger charge is 1.88. The molecule has 0 fully saturated rings. The Kier molecular flexibility index (Phi) is 3.01. The molecule has 0 spiro atoms. The van der Waals surface area contributed by atoms with Crippen LogP contribution >= 0.6 is 0 Å². The highest BCUT2D eigenvalue weighted by Crippen LogP contribution is 2.10. The van der Waals surface area contributed by atoms with E-state index >= 15 is 0 Å². The van der Waals surface area contributed by atoms with Crippen molar-refractivity contribution in [3.8, 4) is 5.75 Å². The van der Waals surface area contributed by atoms with E-state index in [4.69, 9.17) is 9.66 Å². The monoisotopic (exact) mass is 184 g/mol. The summed E-state index contributed by atoms with van der Waals surface area (Å²) < 4.78 is 18.6. The number of rotatable bonds is 2. The second kappa shape index (κ2) is 4.04. The minimum Gasteiger partial charge on any atom is -0.508 e. The van der Waals surface area contributed by atoms with Gasteiger partial charge in [0.05, 0.1) is 0 Å². The van der Waals surface area contributed by atoms with Gasteiger partial charge in [-0.15, -0.1) is 0 Å². The van der Waals surface area contributed by atoms with Crippen molar-refractivity contribution in [3.05, 3.63) is 35.2 Å². The number of hydrogen-bond acceptors (Lipinski definition) is 2. The van der Waals surface area contributed by atoms with Crippen LogP contribution in [0.3, 0.4) is 0 Å². The summed E-state index contributed by atoms with van der Waals surface area (Å²) in [6.07, 6.45) is 1.51. The zero-order valence-corrected chi connectivity index (χ0v) is 6.99. The topological polar surface area (TPSA) is 57.5 Å². The second-order valence-corrected chi connectivity index (χ2v) is 2.99. The third kappa shape index (κ3) is 2.86. The van der Waals surface area contributed by atoms with Crippen molar-refractivity contribution in [2.24, 2.45) is 0 Å². The number of benzene rings is 1. The van der Waals surface area contributed by atoms with Crippen molar-refractivity contribution < 1.29 is 13.9 Å². The zero-order valence-electron chi connectivity index (χ0n) is 6.18. The fourth-order valence-corrected chi connectivity index (χ4v) is 0.996. The van der Waals surface area contributed by atoms with Crippen LogP contribution < -0.4 is 0 Å². The third-order valence-corrected chi connectivity index (χ3v) is 1.64. The predicted octanol–water partition coefficient (Wildman–Crippen LogP) is 1.58. The van der Waals surface area contributed by atoms with Gasteiger partial charge in [0.15, 0.2) is 11.1 Å². The van der Waals surface area contributed by atoms with E-state index in [0.29, 0.717) is 0 Å². The van der Waals surface area contributed by atoms with Gasteiger partial charge in [-0.1, -0.05) is 12.1 Å². The van der Waals surface area contributed by atoms with Crippen molar-refractivity contribution in [2.75, 3.05) is 0 Å². The van der Waals surface area contributed by atoms with Gasteiger partial charge in [0.1, 0.15) is 5.75 Å². The Hall–Kier alpha value is -1.13. The van der Waals surface area contributed by atoms with Crippen molar-refractivity contribution >= 4 is 17.2 Å². The van der Waals surface area contributed by atoms with E-state index in [-0.39, 0.29) is 5.75 Å². The summed E-state index contributed by atoms with van der Waals surface area (Å²) in [5.74, 6) is 0.178. The fraction of sp³-hybridized carbons (Fsp3) is 0. The number of phenols is 1. The van der Waals surface area contributed by atoms with E-state index in [1.807, 2.05) is 0 Å². The molecule has 0 bridgehead atoms. The predicted molar refractivity (Wildman–Crippen MR) is 47.9 cm³/mol. The van der Waals surface area contributed by atoms with E-state index in [0.717, 1.165) is 11.0 Å². The van der Waals surface area contributed by atoms with E-state index in [1.165, 1.54) is 18.2 Å². The molecule has 1 unspecified atom stereocenters. The lowest BCUT2D eigenvalue weighted by Gasteiger charge is -1.92. The first kappa shape index (κ1) is 8.96.